The zero-order valence-corrected chi connectivity index (χ0v) is 12.5. The molecule has 5 nitrogen and oxygen atoms in total. The molecule has 0 amide bonds. The third kappa shape index (κ3) is 3.30. The molecular formula is C17H19NO4. The average molecular weight is 301 g/mol. The highest BCUT2D eigenvalue weighted by Gasteiger charge is 2.24. The summed E-state index contributed by atoms with van der Waals surface area (Å²) in [5.74, 6) is 0.896. The molecular weight excluding hydrogens is 282 g/mol. The van der Waals surface area contributed by atoms with Gasteiger partial charge in [-0.15, -0.1) is 0 Å². The topological polar surface area (TPSA) is 72.6 Å². The van der Waals surface area contributed by atoms with Gasteiger partial charge in [0, 0.05) is 13.3 Å². The third-order valence-corrected chi connectivity index (χ3v) is 4.03. The smallest absolute Gasteiger partial charge is 0.303 e. The van der Waals surface area contributed by atoms with Crippen LogP contribution in [0.4, 0.5) is 0 Å². The maximum absolute atomic E-state index is 10.9. The fraction of sp³-hybridized carbons (Fsp3) is 0.412. The van der Waals surface area contributed by atoms with Gasteiger partial charge >= 0.3 is 5.97 Å². The van der Waals surface area contributed by atoms with Gasteiger partial charge in [0.25, 0.3) is 0 Å². The van der Waals surface area contributed by atoms with Crippen molar-refractivity contribution in [3.8, 4) is 5.75 Å². The Labute approximate surface area is 128 Å². The molecule has 1 aromatic carbocycles. The lowest BCUT2D eigenvalue weighted by atomic mass is 9.98. The molecule has 1 aliphatic carbocycles. The van der Waals surface area contributed by atoms with E-state index >= 15 is 0 Å². The lowest BCUT2D eigenvalue weighted by molar-refractivity contribution is -0.137. The number of hydrogen-bond acceptors (Lipinski definition) is 4. The highest BCUT2D eigenvalue weighted by molar-refractivity contribution is 5.68. The van der Waals surface area contributed by atoms with Crippen molar-refractivity contribution in [3.05, 3.63) is 47.2 Å². The van der Waals surface area contributed by atoms with E-state index in [4.69, 9.17) is 14.3 Å². The van der Waals surface area contributed by atoms with Crippen LogP contribution in [0.2, 0.25) is 0 Å². The van der Waals surface area contributed by atoms with Gasteiger partial charge in [0.2, 0.25) is 0 Å². The minimum atomic E-state index is -0.735. The maximum Gasteiger partial charge on any atom is 0.303 e. The van der Waals surface area contributed by atoms with Crippen LogP contribution >= 0.6 is 0 Å². The minimum Gasteiger partial charge on any atom is -0.493 e. The molecule has 3 rings (SSSR count). The van der Waals surface area contributed by atoms with Crippen LogP contribution in [0.5, 0.6) is 5.75 Å². The second-order valence-corrected chi connectivity index (χ2v) is 5.65. The number of nitrogens with zero attached hydrogens (tertiary/aromatic N) is 1. The van der Waals surface area contributed by atoms with Crippen LogP contribution in [0, 0.1) is 6.92 Å². The first kappa shape index (κ1) is 14.6. The monoisotopic (exact) mass is 301 g/mol. The Balaban J connectivity index is 1.58. The van der Waals surface area contributed by atoms with E-state index in [0.29, 0.717) is 18.9 Å². The molecule has 1 unspecified atom stereocenters. The van der Waals surface area contributed by atoms with E-state index in [1.54, 1.807) is 6.26 Å². The highest BCUT2D eigenvalue weighted by atomic mass is 16.5. The number of rotatable bonds is 6. The lowest BCUT2D eigenvalue weighted by Crippen LogP contribution is -2.04. The first-order valence-electron chi connectivity index (χ1n) is 7.50. The predicted molar refractivity (Wildman–Crippen MR) is 80.2 cm³/mol. The molecule has 0 bridgehead atoms. The molecule has 0 saturated carbocycles. The number of carbonyl (C=O) groups is 1. The van der Waals surface area contributed by atoms with Crippen molar-refractivity contribution < 1.29 is 19.1 Å². The number of carboxylic acids is 1. The summed E-state index contributed by atoms with van der Waals surface area (Å²) in [5.41, 5.74) is 3.25. The Hall–Kier alpha value is -2.30. The summed E-state index contributed by atoms with van der Waals surface area (Å²) >= 11 is 0. The van der Waals surface area contributed by atoms with Gasteiger partial charge in [-0.2, -0.15) is 0 Å². The van der Waals surface area contributed by atoms with E-state index in [2.05, 4.69) is 4.98 Å². The molecule has 1 N–H and O–H groups in total. The van der Waals surface area contributed by atoms with Gasteiger partial charge in [0.1, 0.15) is 12.0 Å². The zero-order chi connectivity index (χ0) is 15.5. The van der Waals surface area contributed by atoms with E-state index in [0.717, 1.165) is 29.8 Å². The molecule has 116 valence electrons. The summed E-state index contributed by atoms with van der Waals surface area (Å²) in [4.78, 5) is 15.1. The van der Waals surface area contributed by atoms with E-state index < -0.39 is 5.97 Å². The van der Waals surface area contributed by atoms with Crippen LogP contribution in [0.3, 0.4) is 0 Å². The molecule has 0 spiro atoms. The highest BCUT2D eigenvalue weighted by Crippen LogP contribution is 2.37. The Kier molecular flexibility index (Phi) is 4.13. The number of ether oxygens (including phenoxy) is 1. The second kappa shape index (κ2) is 6.22. The predicted octanol–water partition coefficient (Wildman–Crippen LogP) is 3.11. The van der Waals surface area contributed by atoms with Gasteiger partial charge in [-0.05, 0) is 42.0 Å². The first-order valence-corrected chi connectivity index (χ1v) is 7.50. The molecule has 5 heteroatoms. The van der Waals surface area contributed by atoms with Crippen LogP contribution in [0.15, 0.2) is 28.9 Å². The number of benzene rings is 1. The van der Waals surface area contributed by atoms with Crippen molar-refractivity contribution in [2.24, 2.45) is 0 Å². The first-order chi connectivity index (χ1) is 10.6. The normalized spacial score (nSPS) is 16.5. The average Bonchev–Trinajstić information content (AvgIpc) is 3.05. The number of aryl methyl sites for hydroxylation is 2. The Bertz CT molecular complexity index is 677. The van der Waals surface area contributed by atoms with Crippen LogP contribution in [-0.2, 0) is 17.6 Å². The Morgan fingerprint density at radius 2 is 2.36 bits per heavy atom. The summed E-state index contributed by atoms with van der Waals surface area (Å²) in [7, 11) is 0. The second-order valence-electron chi connectivity index (χ2n) is 5.65. The summed E-state index contributed by atoms with van der Waals surface area (Å²) in [5, 5.41) is 8.94. The molecule has 0 saturated heterocycles. The quantitative estimate of drug-likeness (QED) is 0.887. The fourth-order valence-electron chi connectivity index (χ4n) is 2.99. The number of fused-ring (bicyclic) bond motifs is 1. The van der Waals surface area contributed by atoms with E-state index in [1.807, 2.05) is 25.1 Å². The van der Waals surface area contributed by atoms with Crippen molar-refractivity contribution >= 4 is 5.97 Å². The van der Waals surface area contributed by atoms with E-state index in [-0.39, 0.29) is 12.3 Å². The van der Waals surface area contributed by atoms with Gasteiger partial charge in [0.05, 0.1) is 18.7 Å². The van der Waals surface area contributed by atoms with Crippen molar-refractivity contribution in [3.63, 3.8) is 0 Å². The number of aliphatic carboxylic acids is 1. The van der Waals surface area contributed by atoms with Gasteiger partial charge < -0.3 is 14.3 Å². The summed E-state index contributed by atoms with van der Waals surface area (Å²) < 4.78 is 10.9. The van der Waals surface area contributed by atoms with Crippen molar-refractivity contribution in [1.29, 1.82) is 0 Å². The molecule has 22 heavy (non-hydrogen) atoms. The number of carboxylic acid groups (broad SMARTS) is 1. The molecule has 2 aromatic rings. The van der Waals surface area contributed by atoms with Gasteiger partial charge in [-0.25, -0.2) is 4.98 Å². The lowest BCUT2D eigenvalue weighted by Gasteiger charge is -2.10. The number of oxazole rings is 1. The van der Waals surface area contributed by atoms with Crippen molar-refractivity contribution in [2.45, 2.75) is 38.5 Å². The minimum absolute atomic E-state index is 0.139. The van der Waals surface area contributed by atoms with Crippen LogP contribution in [0.1, 0.15) is 41.5 Å². The molecule has 0 aliphatic heterocycles. The largest absolute Gasteiger partial charge is 0.493 e. The third-order valence-electron chi connectivity index (χ3n) is 4.03. The van der Waals surface area contributed by atoms with Crippen molar-refractivity contribution in [2.75, 3.05) is 6.61 Å². The molecule has 1 atom stereocenters. The molecule has 1 aromatic heterocycles. The van der Waals surface area contributed by atoms with Crippen LogP contribution < -0.4 is 4.74 Å². The molecule has 1 aliphatic rings. The van der Waals surface area contributed by atoms with Crippen LogP contribution in [-0.4, -0.2) is 22.7 Å². The fourth-order valence-corrected chi connectivity index (χ4v) is 2.99. The van der Waals surface area contributed by atoms with Gasteiger partial charge in [-0.1, -0.05) is 6.07 Å². The van der Waals surface area contributed by atoms with Crippen molar-refractivity contribution in [1.82, 2.24) is 4.98 Å². The Morgan fingerprint density at radius 3 is 3.09 bits per heavy atom. The maximum atomic E-state index is 10.9. The summed E-state index contributed by atoms with van der Waals surface area (Å²) in [6.45, 7) is 2.36. The summed E-state index contributed by atoms with van der Waals surface area (Å²) in [6, 6.07) is 5.96. The van der Waals surface area contributed by atoms with Gasteiger partial charge in [0.15, 0.2) is 5.89 Å². The summed E-state index contributed by atoms with van der Waals surface area (Å²) in [6.07, 6.45) is 4.39. The van der Waals surface area contributed by atoms with Gasteiger partial charge in [-0.3, -0.25) is 4.79 Å². The SMILES string of the molecule is Cc1nc(CCOc2ccc3c(c2)CCC3CC(=O)O)co1. The standard InChI is InChI=1S/C17H19NO4/c1-11-18-14(10-22-11)6-7-21-15-4-5-16-12(8-15)2-3-13(16)9-17(19)20/h4-5,8,10,13H,2-3,6-7,9H2,1H3,(H,19,20). The van der Waals surface area contributed by atoms with E-state index in [9.17, 15) is 4.79 Å². The molecule has 0 fully saturated rings. The molecule has 1 heterocycles. The van der Waals surface area contributed by atoms with Crippen LogP contribution in [0.25, 0.3) is 0 Å². The number of aromatic nitrogens is 1. The zero-order valence-electron chi connectivity index (χ0n) is 12.5. The number of hydrogen-bond donors (Lipinski definition) is 1. The molecule has 0 radical (unpaired) electrons. The van der Waals surface area contributed by atoms with E-state index in [1.165, 1.54) is 5.56 Å². The Morgan fingerprint density at radius 1 is 1.50 bits per heavy atom.